The SMILES string of the molecule is CN(CC(C)(C)C)c1cncc(Cl)n1. The zero-order valence-corrected chi connectivity index (χ0v) is 9.84. The summed E-state index contributed by atoms with van der Waals surface area (Å²) in [6.45, 7) is 7.46. The molecule has 14 heavy (non-hydrogen) atoms. The highest BCUT2D eigenvalue weighted by Crippen LogP contribution is 2.18. The van der Waals surface area contributed by atoms with Crippen LogP contribution in [0.2, 0.25) is 5.15 Å². The Bertz CT molecular complexity index is 306. The molecule has 78 valence electrons. The molecule has 0 aliphatic heterocycles. The lowest BCUT2D eigenvalue weighted by atomic mass is 9.96. The van der Waals surface area contributed by atoms with Crippen LogP contribution in [0.5, 0.6) is 0 Å². The molecular formula is C10H16ClN3. The number of anilines is 1. The Hall–Kier alpha value is -0.830. The molecule has 0 amide bonds. The number of halogens is 1. The monoisotopic (exact) mass is 213 g/mol. The topological polar surface area (TPSA) is 29.0 Å². The summed E-state index contributed by atoms with van der Waals surface area (Å²) in [5.74, 6) is 0.812. The first-order chi connectivity index (χ1) is 6.38. The molecule has 1 aromatic rings. The number of rotatable bonds is 2. The van der Waals surface area contributed by atoms with Crippen LogP contribution in [-0.4, -0.2) is 23.6 Å². The second kappa shape index (κ2) is 4.13. The third-order valence-electron chi connectivity index (χ3n) is 1.70. The van der Waals surface area contributed by atoms with Crippen molar-refractivity contribution < 1.29 is 0 Å². The van der Waals surface area contributed by atoms with E-state index in [-0.39, 0.29) is 5.41 Å². The predicted molar refractivity (Wildman–Crippen MR) is 59.8 cm³/mol. The van der Waals surface area contributed by atoms with E-state index in [0.717, 1.165) is 12.4 Å². The van der Waals surface area contributed by atoms with Crippen molar-refractivity contribution in [2.45, 2.75) is 20.8 Å². The number of hydrogen-bond donors (Lipinski definition) is 0. The van der Waals surface area contributed by atoms with Crippen LogP contribution >= 0.6 is 11.6 Å². The minimum absolute atomic E-state index is 0.235. The third kappa shape index (κ3) is 3.50. The van der Waals surface area contributed by atoms with Gasteiger partial charge in [-0.05, 0) is 5.41 Å². The van der Waals surface area contributed by atoms with Gasteiger partial charge in [-0.1, -0.05) is 32.4 Å². The minimum atomic E-state index is 0.235. The van der Waals surface area contributed by atoms with Crippen LogP contribution in [0.25, 0.3) is 0 Å². The second-order valence-electron chi connectivity index (χ2n) is 4.62. The minimum Gasteiger partial charge on any atom is -0.358 e. The van der Waals surface area contributed by atoms with E-state index in [2.05, 4.69) is 35.6 Å². The summed E-state index contributed by atoms with van der Waals surface area (Å²) in [6, 6.07) is 0. The smallest absolute Gasteiger partial charge is 0.149 e. The maximum atomic E-state index is 5.76. The van der Waals surface area contributed by atoms with Gasteiger partial charge in [0.1, 0.15) is 11.0 Å². The Kier molecular flexibility index (Phi) is 3.32. The maximum absolute atomic E-state index is 5.76. The molecule has 1 heterocycles. The molecule has 0 atom stereocenters. The molecule has 4 heteroatoms. The van der Waals surface area contributed by atoms with E-state index in [9.17, 15) is 0 Å². The zero-order valence-electron chi connectivity index (χ0n) is 9.08. The summed E-state index contributed by atoms with van der Waals surface area (Å²) in [7, 11) is 1.99. The van der Waals surface area contributed by atoms with Gasteiger partial charge in [0.05, 0.1) is 12.4 Å². The fraction of sp³-hybridized carbons (Fsp3) is 0.600. The van der Waals surface area contributed by atoms with Crippen LogP contribution in [0.15, 0.2) is 12.4 Å². The van der Waals surface area contributed by atoms with E-state index in [0.29, 0.717) is 5.15 Å². The summed E-state index contributed by atoms with van der Waals surface area (Å²) in [5, 5.41) is 0.434. The molecule has 0 aromatic carbocycles. The van der Waals surface area contributed by atoms with Crippen molar-refractivity contribution in [1.82, 2.24) is 9.97 Å². The summed E-state index contributed by atoms with van der Waals surface area (Å²) in [6.07, 6.45) is 3.26. The fourth-order valence-corrected chi connectivity index (χ4v) is 1.45. The first kappa shape index (κ1) is 11.2. The Labute approximate surface area is 90.1 Å². The van der Waals surface area contributed by atoms with E-state index < -0.39 is 0 Å². The van der Waals surface area contributed by atoms with Gasteiger partial charge in [0, 0.05) is 13.6 Å². The van der Waals surface area contributed by atoms with Gasteiger partial charge < -0.3 is 4.90 Å². The van der Waals surface area contributed by atoms with Crippen molar-refractivity contribution in [3.8, 4) is 0 Å². The molecule has 1 rings (SSSR count). The first-order valence-corrected chi connectivity index (χ1v) is 4.95. The van der Waals surface area contributed by atoms with Crippen molar-refractivity contribution in [3.63, 3.8) is 0 Å². The van der Waals surface area contributed by atoms with E-state index in [1.807, 2.05) is 7.05 Å². The molecule has 1 aromatic heterocycles. The molecule has 0 N–H and O–H groups in total. The van der Waals surface area contributed by atoms with Crippen LogP contribution in [0.4, 0.5) is 5.82 Å². The Morgan fingerprint density at radius 1 is 1.36 bits per heavy atom. The van der Waals surface area contributed by atoms with Gasteiger partial charge in [-0.3, -0.25) is 4.98 Å². The highest BCUT2D eigenvalue weighted by atomic mass is 35.5. The fourth-order valence-electron chi connectivity index (χ4n) is 1.31. The molecule has 3 nitrogen and oxygen atoms in total. The van der Waals surface area contributed by atoms with Crippen LogP contribution < -0.4 is 4.90 Å². The normalized spacial score (nSPS) is 11.5. The van der Waals surface area contributed by atoms with Crippen molar-refractivity contribution in [3.05, 3.63) is 17.5 Å². The lowest BCUT2D eigenvalue weighted by molar-refractivity contribution is 0.417. The zero-order chi connectivity index (χ0) is 10.8. The summed E-state index contributed by atoms with van der Waals surface area (Å²) < 4.78 is 0. The van der Waals surface area contributed by atoms with Gasteiger partial charge in [-0.2, -0.15) is 0 Å². The van der Waals surface area contributed by atoms with Gasteiger partial charge in [0.2, 0.25) is 0 Å². The average molecular weight is 214 g/mol. The molecule has 0 aliphatic carbocycles. The molecule has 0 aliphatic rings. The van der Waals surface area contributed by atoms with Crippen LogP contribution in [0, 0.1) is 5.41 Å². The Balaban J connectivity index is 2.74. The van der Waals surface area contributed by atoms with Gasteiger partial charge in [-0.15, -0.1) is 0 Å². The van der Waals surface area contributed by atoms with E-state index in [1.54, 1.807) is 6.20 Å². The van der Waals surface area contributed by atoms with Crippen molar-refractivity contribution in [2.24, 2.45) is 5.41 Å². The molecule has 0 bridgehead atoms. The van der Waals surface area contributed by atoms with E-state index >= 15 is 0 Å². The van der Waals surface area contributed by atoms with Crippen molar-refractivity contribution in [2.75, 3.05) is 18.5 Å². The highest BCUT2D eigenvalue weighted by molar-refractivity contribution is 6.29. The maximum Gasteiger partial charge on any atom is 0.149 e. The molecule has 0 saturated heterocycles. The lowest BCUT2D eigenvalue weighted by Gasteiger charge is -2.27. The number of aromatic nitrogens is 2. The molecular weight excluding hydrogens is 198 g/mol. The van der Waals surface area contributed by atoms with Crippen LogP contribution in [-0.2, 0) is 0 Å². The quantitative estimate of drug-likeness (QED) is 0.756. The van der Waals surface area contributed by atoms with Crippen LogP contribution in [0.3, 0.4) is 0 Å². The molecule has 0 spiro atoms. The highest BCUT2D eigenvalue weighted by Gasteiger charge is 2.14. The third-order valence-corrected chi connectivity index (χ3v) is 1.88. The van der Waals surface area contributed by atoms with Gasteiger partial charge >= 0.3 is 0 Å². The van der Waals surface area contributed by atoms with Crippen molar-refractivity contribution in [1.29, 1.82) is 0 Å². The molecule has 0 fully saturated rings. The van der Waals surface area contributed by atoms with E-state index in [4.69, 9.17) is 11.6 Å². The lowest BCUT2D eigenvalue weighted by Crippen LogP contribution is -2.29. The molecule has 0 unspecified atom stereocenters. The Morgan fingerprint density at radius 3 is 2.50 bits per heavy atom. The van der Waals surface area contributed by atoms with Gasteiger partial charge in [-0.25, -0.2) is 4.98 Å². The number of nitrogens with zero attached hydrogens (tertiary/aromatic N) is 3. The summed E-state index contributed by atoms with van der Waals surface area (Å²) in [5.41, 5.74) is 0.235. The van der Waals surface area contributed by atoms with Crippen LogP contribution in [0.1, 0.15) is 20.8 Å². The average Bonchev–Trinajstić information content (AvgIpc) is 2.01. The summed E-state index contributed by atoms with van der Waals surface area (Å²) >= 11 is 5.76. The summed E-state index contributed by atoms with van der Waals surface area (Å²) in [4.78, 5) is 10.2. The first-order valence-electron chi connectivity index (χ1n) is 4.57. The number of hydrogen-bond acceptors (Lipinski definition) is 3. The molecule has 0 radical (unpaired) electrons. The second-order valence-corrected chi connectivity index (χ2v) is 5.00. The van der Waals surface area contributed by atoms with Crippen molar-refractivity contribution >= 4 is 17.4 Å². The van der Waals surface area contributed by atoms with Gasteiger partial charge in [0.15, 0.2) is 0 Å². The Morgan fingerprint density at radius 2 is 2.00 bits per heavy atom. The predicted octanol–water partition coefficient (Wildman–Crippen LogP) is 2.61. The van der Waals surface area contributed by atoms with Gasteiger partial charge in [0.25, 0.3) is 0 Å². The largest absolute Gasteiger partial charge is 0.358 e. The molecule has 0 saturated carbocycles. The standard InChI is InChI=1S/C10H16ClN3/c1-10(2,3)7-14(4)9-6-12-5-8(11)13-9/h5-6H,7H2,1-4H3. The van der Waals surface area contributed by atoms with E-state index in [1.165, 1.54) is 6.20 Å².